The summed E-state index contributed by atoms with van der Waals surface area (Å²) < 4.78 is 53.6. The standard InChI is InChI=1S/C13H9F4N3O2/c14-12(13(15,16)17)6-7(21)4-9-8(12)5-10(22)20(9)11-18-2-1-3-19-11/h1-5,11,18H,6H2. The van der Waals surface area contributed by atoms with Gasteiger partial charge in [0, 0.05) is 30.1 Å². The van der Waals surface area contributed by atoms with Crippen molar-refractivity contribution in [1.29, 1.82) is 0 Å². The predicted molar refractivity (Wildman–Crippen MR) is 67.1 cm³/mol. The summed E-state index contributed by atoms with van der Waals surface area (Å²) >= 11 is 0. The smallest absolute Gasteiger partial charge is 0.353 e. The van der Waals surface area contributed by atoms with Crippen LogP contribution in [-0.2, 0) is 9.59 Å². The van der Waals surface area contributed by atoms with E-state index in [0.717, 1.165) is 11.0 Å². The molecular weight excluding hydrogens is 306 g/mol. The molecule has 1 amide bonds. The lowest BCUT2D eigenvalue weighted by atomic mass is 9.83. The number of nitrogens with zero attached hydrogens (tertiary/aromatic N) is 2. The maximum Gasteiger partial charge on any atom is 0.427 e. The molecule has 2 unspecified atom stereocenters. The zero-order chi connectivity index (χ0) is 16.1. The van der Waals surface area contributed by atoms with Crippen LogP contribution in [0.15, 0.2) is 40.7 Å². The van der Waals surface area contributed by atoms with E-state index in [-0.39, 0.29) is 0 Å². The first-order chi connectivity index (χ1) is 10.2. The van der Waals surface area contributed by atoms with E-state index in [1.807, 2.05) is 0 Å². The molecule has 0 fully saturated rings. The fourth-order valence-electron chi connectivity index (χ4n) is 2.52. The van der Waals surface area contributed by atoms with Crippen molar-refractivity contribution in [1.82, 2.24) is 10.2 Å². The van der Waals surface area contributed by atoms with E-state index in [0.29, 0.717) is 6.08 Å². The minimum atomic E-state index is -5.30. The van der Waals surface area contributed by atoms with Crippen molar-refractivity contribution in [2.24, 2.45) is 4.99 Å². The number of allylic oxidation sites excluding steroid dienone is 3. The lowest BCUT2D eigenvalue weighted by Crippen LogP contribution is -2.49. The van der Waals surface area contributed by atoms with Gasteiger partial charge in [-0.05, 0) is 6.08 Å². The average molecular weight is 315 g/mol. The molecule has 3 aliphatic rings. The highest BCUT2D eigenvalue weighted by molar-refractivity contribution is 6.02. The van der Waals surface area contributed by atoms with E-state index in [4.69, 9.17) is 0 Å². The maximum absolute atomic E-state index is 14.5. The van der Waals surface area contributed by atoms with Gasteiger partial charge in [0.2, 0.25) is 12.0 Å². The van der Waals surface area contributed by atoms with Gasteiger partial charge < -0.3 is 5.32 Å². The number of aliphatic imine (C=N–C) groups is 1. The molecule has 0 saturated heterocycles. The zero-order valence-electron chi connectivity index (χ0n) is 10.9. The number of hydrogen-bond donors (Lipinski definition) is 1. The topological polar surface area (TPSA) is 61.8 Å². The quantitative estimate of drug-likeness (QED) is 0.743. The van der Waals surface area contributed by atoms with Crippen LogP contribution in [-0.4, -0.2) is 40.9 Å². The fraction of sp³-hybridized carbons (Fsp3) is 0.308. The minimum absolute atomic E-state index is 0.411. The Morgan fingerprint density at radius 2 is 2.05 bits per heavy atom. The van der Waals surface area contributed by atoms with Gasteiger partial charge in [0.1, 0.15) is 0 Å². The van der Waals surface area contributed by atoms with Crippen LogP contribution in [0.3, 0.4) is 0 Å². The minimum Gasteiger partial charge on any atom is -0.353 e. The van der Waals surface area contributed by atoms with Crippen molar-refractivity contribution < 1.29 is 27.2 Å². The van der Waals surface area contributed by atoms with Crippen LogP contribution in [0.2, 0.25) is 0 Å². The van der Waals surface area contributed by atoms with E-state index >= 15 is 0 Å². The van der Waals surface area contributed by atoms with Gasteiger partial charge in [-0.2, -0.15) is 13.2 Å². The van der Waals surface area contributed by atoms with Crippen molar-refractivity contribution in [3.05, 3.63) is 35.7 Å². The number of ketones is 1. The van der Waals surface area contributed by atoms with Gasteiger partial charge in [-0.15, -0.1) is 0 Å². The molecular formula is C13H9F4N3O2. The molecule has 5 nitrogen and oxygen atoms in total. The Balaban J connectivity index is 2.06. The lowest BCUT2D eigenvalue weighted by molar-refractivity contribution is -0.217. The first kappa shape index (κ1) is 14.5. The van der Waals surface area contributed by atoms with E-state index < -0.39 is 47.5 Å². The summed E-state index contributed by atoms with van der Waals surface area (Å²) in [6.45, 7) is 0. The predicted octanol–water partition coefficient (Wildman–Crippen LogP) is 1.35. The molecule has 0 bridgehead atoms. The average Bonchev–Trinajstić information content (AvgIpc) is 2.75. The van der Waals surface area contributed by atoms with Crippen LogP contribution in [0.5, 0.6) is 0 Å². The summed E-state index contributed by atoms with van der Waals surface area (Å²) in [6, 6.07) is 0. The Morgan fingerprint density at radius 1 is 1.32 bits per heavy atom. The number of rotatable bonds is 1. The third kappa shape index (κ3) is 1.96. The molecule has 2 atom stereocenters. The van der Waals surface area contributed by atoms with Crippen molar-refractivity contribution in [2.45, 2.75) is 24.6 Å². The molecule has 22 heavy (non-hydrogen) atoms. The Hall–Kier alpha value is -2.45. The highest BCUT2D eigenvalue weighted by Crippen LogP contribution is 2.50. The normalized spacial score (nSPS) is 30.9. The van der Waals surface area contributed by atoms with Gasteiger partial charge in [0.15, 0.2) is 5.78 Å². The highest BCUT2D eigenvalue weighted by Gasteiger charge is 2.63. The molecule has 2 heterocycles. The maximum atomic E-state index is 14.5. The third-order valence-electron chi connectivity index (χ3n) is 3.53. The van der Waals surface area contributed by atoms with Gasteiger partial charge in [0.05, 0.1) is 12.1 Å². The van der Waals surface area contributed by atoms with Crippen LogP contribution >= 0.6 is 0 Å². The summed E-state index contributed by atoms with van der Waals surface area (Å²) in [5.74, 6) is -1.91. The van der Waals surface area contributed by atoms with Crippen molar-refractivity contribution in [3.63, 3.8) is 0 Å². The van der Waals surface area contributed by atoms with Gasteiger partial charge >= 0.3 is 6.18 Å². The summed E-state index contributed by atoms with van der Waals surface area (Å²) in [6.07, 6.45) is -1.99. The number of fused-ring (bicyclic) bond motifs is 1. The molecule has 116 valence electrons. The van der Waals surface area contributed by atoms with Crippen molar-refractivity contribution in [3.8, 4) is 0 Å². The largest absolute Gasteiger partial charge is 0.427 e. The van der Waals surface area contributed by atoms with Crippen molar-refractivity contribution >= 4 is 17.9 Å². The first-order valence-corrected chi connectivity index (χ1v) is 6.24. The summed E-state index contributed by atoms with van der Waals surface area (Å²) in [7, 11) is 0. The molecule has 2 aliphatic heterocycles. The van der Waals surface area contributed by atoms with Crippen LogP contribution in [0.25, 0.3) is 0 Å². The molecule has 0 radical (unpaired) electrons. The number of hydrogen-bond acceptors (Lipinski definition) is 4. The van der Waals surface area contributed by atoms with E-state index in [1.54, 1.807) is 0 Å². The molecule has 0 aromatic carbocycles. The molecule has 0 spiro atoms. The fourth-order valence-corrected chi connectivity index (χ4v) is 2.52. The number of amides is 1. The van der Waals surface area contributed by atoms with Gasteiger partial charge in [-0.3, -0.25) is 14.5 Å². The Kier molecular flexibility index (Phi) is 2.98. The van der Waals surface area contributed by atoms with Crippen LogP contribution in [0.4, 0.5) is 17.6 Å². The molecule has 1 aliphatic carbocycles. The van der Waals surface area contributed by atoms with Crippen molar-refractivity contribution in [2.75, 3.05) is 0 Å². The Labute approximate surface area is 121 Å². The van der Waals surface area contributed by atoms with E-state index in [1.165, 1.54) is 18.5 Å². The van der Waals surface area contributed by atoms with Crippen LogP contribution in [0, 0.1) is 0 Å². The molecule has 9 heteroatoms. The summed E-state index contributed by atoms with van der Waals surface area (Å²) in [4.78, 5) is 28.2. The first-order valence-electron chi connectivity index (χ1n) is 6.24. The lowest BCUT2D eigenvalue weighted by Gasteiger charge is -2.35. The zero-order valence-corrected chi connectivity index (χ0v) is 10.9. The molecule has 1 N–H and O–H groups in total. The van der Waals surface area contributed by atoms with Gasteiger partial charge in [-0.25, -0.2) is 9.38 Å². The molecule has 3 rings (SSSR count). The monoisotopic (exact) mass is 315 g/mol. The van der Waals surface area contributed by atoms with Gasteiger partial charge in [0.25, 0.3) is 5.91 Å². The number of alkyl halides is 4. The summed E-state index contributed by atoms with van der Waals surface area (Å²) in [5.41, 5.74) is -5.13. The van der Waals surface area contributed by atoms with E-state index in [2.05, 4.69) is 10.3 Å². The Bertz CT molecular complexity index is 677. The van der Waals surface area contributed by atoms with E-state index in [9.17, 15) is 27.2 Å². The number of nitrogens with one attached hydrogen (secondary N) is 1. The second-order valence-corrected chi connectivity index (χ2v) is 4.94. The number of carbonyl (C=O) groups is 2. The second-order valence-electron chi connectivity index (χ2n) is 4.94. The molecule has 0 aromatic heterocycles. The second kappa shape index (κ2) is 4.52. The van der Waals surface area contributed by atoms with Gasteiger partial charge in [-0.1, -0.05) is 0 Å². The Morgan fingerprint density at radius 3 is 2.64 bits per heavy atom. The van der Waals surface area contributed by atoms with Crippen LogP contribution < -0.4 is 5.32 Å². The number of carbonyl (C=O) groups excluding carboxylic acids is 2. The third-order valence-corrected chi connectivity index (χ3v) is 3.53. The SMILES string of the molecule is O=C1C=C2C(=CC(=O)N2C2N=CC=CN2)C(F)(C(F)(F)F)C1. The molecule has 0 saturated carbocycles. The van der Waals surface area contributed by atoms with Crippen LogP contribution in [0.1, 0.15) is 6.42 Å². The highest BCUT2D eigenvalue weighted by atomic mass is 19.4. The summed E-state index contributed by atoms with van der Waals surface area (Å²) in [5, 5.41) is 2.64. The number of halogens is 4. The molecule has 0 aromatic rings.